The molecule has 2 aromatic rings. The lowest BCUT2D eigenvalue weighted by Gasteiger charge is -2.63. The van der Waals surface area contributed by atoms with E-state index < -0.39 is 5.92 Å². The first-order valence-corrected chi connectivity index (χ1v) is 13.0. The van der Waals surface area contributed by atoms with Crippen molar-refractivity contribution in [2.75, 3.05) is 6.54 Å². The molecular formula is C28H26N2O2S. The third-order valence-electron chi connectivity index (χ3n) is 9.46. The molecule has 1 atom stereocenters. The highest BCUT2D eigenvalue weighted by Crippen LogP contribution is 2.70. The summed E-state index contributed by atoms with van der Waals surface area (Å²) < 4.78 is 0. The molecule has 1 spiro atoms. The van der Waals surface area contributed by atoms with E-state index in [0.29, 0.717) is 17.4 Å². The summed E-state index contributed by atoms with van der Waals surface area (Å²) in [5.74, 6) is 1.67. The van der Waals surface area contributed by atoms with Crippen LogP contribution in [0.25, 0.3) is 16.0 Å². The number of amides is 2. The number of fused-ring (bicyclic) bond motifs is 2. The molecule has 1 aromatic carbocycles. The van der Waals surface area contributed by atoms with Gasteiger partial charge in [0.15, 0.2) is 0 Å². The van der Waals surface area contributed by atoms with Crippen molar-refractivity contribution >= 4 is 28.7 Å². The first-order chi connectivity index (χ1) is 16.0. The van der Waals surface area contributed by atoms with Crippen LogP contribution in [0.15, 0.2) is 42.0 Å². The molecule has 2 heterocycles. The summed E-state index contributed by atoms with van der Waals surface area (Å²) in [6, 6.07) is 14.8. The third kappa shape index (κ3) is 2.35. The third-order valence-corrected chi connectivity index (χ3v) is 10.8. The van der Waals surface area contributed by atoms with Crippen LogP contribution >= 0.6 is 11.3 Å². The van der Waals surface area contributed by atoms with E-state index in [2.05, 4.69) is 36.4 Å². The first-order valence-electron chi connectivity index (χ1n) is 12.2. The topological polar surface area (TPSA) is 61.2 Å². The van der Waals surface area contributed by atoms with Crippen molar-refractivity contribution in [1.29, 1.82) is 5.26 Å². The Balaban J connectivity index is 1.50. The van der Waals surface area contributed by atoms with Crippen LogP contribution in [0.3, 0.4) is 0 Å². The van der Waals surface area contributed by atoms with E-state index >= 15 is 0 Å². The second-order valence-electron chi connectivity index (χ2n) is 10.8. The molecule has 1 aromatic heterocycles. The number of likely N-dealkylation sites (tertiary alicyclic amines) is 1. The summed E-state index contributed by atoms with van der Waals surface area (Å²) in [6.45, 7) is 1.87. The summed E-state index contributed by atoms with van der Waals surface area (Å²) in [7, 11) is 0. The Labute approximate surface area is 197 Å². The van der Waals surface area contributed by atoms with E-state index in [1.54, 1.807) is 0 Å². The second-order valence-corrected chi connectivity index (χ2v) is 11.9. The van der Waals surface area contributed by atoms with E-state index in [1.807, 2.05) is 24.3 Å². The molecule has 5 fully saturated rings. The standard InChI is InChI=1S/C28H26N2O2S/c1-15-21-14-22(18-5-3-2-4-6-18)33-25(21)28(19-10-16-9-17(12-19)13-20(28)11-16)24-23(15)26(31)30(8-7-29)27(24)32/h2-6,14,16-17,19-20,24H,8-13H2,1H3. The molecule has 5 aliphatic carbocycles. The summed E-state index contributed by atoms with van der Waals surface area (Å²) in [5.41, 5.74) is 3.73. The van der Waals surface area contributed by atoms with Gasteiger partial charge in [-0.1, -0.05) is 30.3 Å². The first kappa shape index (κ1) is 19.7. The lowest BCUT2D eigenvalue weighted by molar-refractivity contribution is -0.144. The van der Waals surface area contributed by atoms with Gasteiger partial charge in [0.1, 0.15) is 6.54 Å². The van der Waals surface area contributed by atoms with Crippen LogP contribution < -0.4 is 0 Å². The van der Waals surface area contributed by atoms with Gasteiger partial charge in [0.25, 0.3) is 5.91 Å². The van der Waals surface area contributed by atoms with Crippen molar-refractivity contribution < 1.29 is 9.59 Å². The van der Waals surface area contributed by atoms with Crippen LogP contribution in [-0.4, -0.2) is 23.3 Å². The van der Waals surface area contributed by atoms with Crippen LogP contribution in [0.2, 0.25) is 0 Å². The molecule has 0 radical (unpaired) electrons. The zero-order valence-corrected chi connectivity index (χ0v) is 19.5. The highest BCUT2D eigenvalue weighted by molar-refractivity contribution is 7.16. The lowest BCUT2D eigenvalue weighted by Crippen LogP contribution is -2.61. The van der Waals surface area contributed by atoms with Gasteiger partial charge in [-0.3, -0.25) is 14.5 Å². The van der Waals surface area contributed by atoms with Gasteiger partial charge < -0.3 is 0 Å². The number of nitrogens with zero attached hydrogens (tertiary/aromatic N) is 2. The molecule has 4 bridgehead atoms. The Morgan fingerprint density at radius 1 is 1.06 bits per heavy atom. The normalized spacial score (nSPS) is 35.9. The summed E-state index contributed by atoms with van der Waals surface area (Å²) in [5, 5.41) is 9.35. The van der Waals surface area contributed by atoms with Crippen LogP contribution in [-0.2, 0) is 15.0 Å². The number of nitriles is 1. The predicted octanol–water partition coefficient (Wildman–Crippen LogP) is 5.40. The quantitative estimate of drug-likeness (QED) is 0.451. The van der Waals surface area contributed by atoms with Gasteiger partial charge in [-0.2, -0.15) is 5.26 Å². The number of imide groups is 1. The number of hydrogen-bond acceptors (Lipinski definition) is 4. The van der Waals surface area contributed by atoms with Gasteiger partial charge in [-0.15, -0.1) is 11.3 Å². The minimum absolute atomic E-state index is 0.122. The monoisotopic (exact) mass is 454 g/mol. The second kappa shape index (κ2) is 6.67. The Kier molecular flexibility index (Phi) is 3.99. The van der Waals surface area contributed by atoms with Crippen molar-refractivity contribution in [2.24, 2.45) is 29.6 Å². The number of hydrogen-bond donors (Lipinski definition) is 0. The number of thiophene rings is 1. The van der Waals surface area contributed by atoms with Crippen molar-refractivity contribution in [2.45, 2.75) is 44.4 Å². The maximum atomic E-state index is 13.9. The smallest absolute Gasteiger partial charge is 0.258 e. The number of benzene rings is 1. The Morgan fingerprint density at radius 2 is 1.73 bits per heavy atom. The molecule has 0 N–H and O–H groups in total. The van der Waals surface area contributed by atoms with Crippen molar-refractivity contribution in [3.05, 3.63) is 52.4 Å². The SMILES string of the molecule is CC1=C2C(=O)N(CC#N)C(=O)C2C2(c3sc(-c4ccccc4)cc31)C1CC3CC(C1)CC2C3. The zero-order chi connectivity index (χ0) is 22.5. The molecule has 1 saturated heterocycles. The highest BCUT2D eigenvalue weighted by Gasteiger charge is 2.68. The Hall–Kier alpha value is -2.71. The predicted molar refractivity (Wildman–Crippen MR) is 127 cm³/mol. The molecule has 166 valence electrons. The van der Waals surface area contributed by atoms with Crippen molar-refractivity contribution in [3.8, 4) is 16.5 Å². The molecule has 33 heavy (non-hydrogen) atoms. The molecule has 5 heteroatoms. The number of carbonyl (C=O) groups is 2. The molecular weight excluding hydrogens is 428 g/mol. The average molecular weight is 455 g/mol. The Morgan fingerprint density at radius 3 is 2.36 bits per heavy atom. The van der Waals surface area contributed by atoms with Gasteiger partial charge in [0.05, 0.1) is 12.0 Å². The molecule has 4 saturated carbocycles. The largest absolute Gasteiger partial charge is 0.274 e. The van der Waals surface area contributed by atoms with Gasteiger partial charge in [-0.25, -0.2) is 0 Å². The van der Waals surface area contributed by atoms with E-state index in [1.165, 1.54) is 57.9 Å². The molecule has 1 unspecified atom stereocenters. The minimum Gasteiger partial charge on any atom is -0.274 e. The number of allylic oxidation sites excluding steroid dienone is 1. The van der Waals surface area contributed by atoms with Crippen molar-refractivity contribution in [3.63, 3.8) is 0 Å². The highest BCUT2D eigenvalue weighted by atomic mass is 32.1. The fourth-order valence-corrected chi connectivity index (χ4v) is 10.1. The molecule has 8 rings (SSSR count). The van der Waals surface area contributed by atoms with E-state index in [-0.39, 0.29) is 23.8 Å². The maximum absolute atomic E-state index is 13.9. The minimum atomic E-state index is -0.414. The van der Waals surface area contributed by atoms with Gasteiger partial charge >= 0.3 is 0 Å². The fraction of sp³-hybridized carbons (Fsp3) is 0.464. The fourth-order valence-electron chi connectivity index (χ4n) is 8.51. The summed E-state index contributed by atoms with van der Waals surface area (Å²) >= 11 is 1.86. The van der Waals surface area contributed by atoms with E-state index in [4.69, 9.17) is 0 Å². The van der Waals surface area contributed by atoms with Gasteiger partial charge in [0.2, 0.25) is 5.91 Å². The van der Waals surface area contributed by atoms with Crippen LogP contribution in [0, 0.1) is 40.9 Å². The van der Waals surface area contributed by atoms with Crippen LogP contribution in [0.5, 0.6) is 0 Å². The van der Waals surface area contributed by atoms with E-state index in [0.717, 1.165) is 17.4 Å². The van der Waals surface area contributed by atoms with Crippen LogP contribution in [0.1, 0.15) is 49.5 Å². The lowest BCUT2D eigenvalue weighted by atomic mass is 9.40. The number of rotatable bonds is 2. The average Bonchev–Trinajstić information content (AvgIpc) is 3.36. The van der Waals surface area contributed by atoms with Gasteiger partial charge in [-0.05, 0) is 85.5 Å². The van der Waals surface area contributed by atoms with E-state index in [9.17, 15) is 14.9 Å². The van der Waals surface area contributed by atoms with Gasteiger partial charge in [0, 0.05) is 20.7 Å². The molecule has 4 nitrogen and oxygen atoms in total. The molecule has 1 aliphatic heterocycles. The Bertz CT molecular complexity index is 1250. The summed E-state index contributed by atoms with van der Waals surface area (Å²) in [4.78, 5) is 31.3. The summed E-state index contributed by atoms with van der Waals surface area (Å²) in [6.07, 6.45) is 6.04. The van der Waals surface area contributed by atoms with Crippen LogP contribution in [0.4, 0.5) is 0 Å². The molecule has 6 aliphatic rings. The van der Waals surface area contributed by atoms with Crippen molar-refractivity contribution in [1.82, 2.24) is 4.90 Å². The number of carbonyl (C=O) groups excluding carboxylic acids is 2. The zero-order valence-electron chi connectivity index (χ0n) is 18.7. The molecule has 2 amide bonds. The maximum Gasteiger partial charge on any atom is 0.258 e.